The minimum absolute atomic E-state index is 0.215. The van der Waals surface area contributed by atoms with E-state index >= 15 is 0 Å². The van der Waals surface area contributed by atoms with Gasteiger partial charge in [-0.3, -0.25) is 19.3 Å². The summed E-state index contributed by atoms with van der Waals surface area (Å²) in [4.78, 5) is 39.9. The molecule has 0 bridgehead atoms. The third-order valence-electron chi connectivity index (χ3n) is 5.98. The fourth-order valence-corrected chi connectivity index (χ4v) is 4.36. The first kappa shape index (κ1) is 22.1. The maximum atomic E-state index is 13.1. The van der Waals surface area contributed by atoms with Crippen molar-refractivity contribution < 1.29 is 14.4 Å². The lowest BCUT2D eigenvalue weighted by Gasteiger charge is -2.23. The van der Waals surface area contributed by atoms with Crippen LogP contribution in [0.3, 0.4) is 0 Å². The summed E-state index contributed by atoms with van der Waals surface area (Å²) in [7, 11) is 0. The number of carbonyl (C=O) groups is 3. The maximum absolute atomic E-state index is 13.1. The highest BCUT2D eigenvalue weighted by Gasteiger charge is 2.28. The zero-order valence-corrected chi connectivity index (χ0v) is 19.0. The lowest BCUT2D eigenvalue weighted by atomic mass is 10.0. The lowest BCUT2D eigenvalue weighted by Crippen LogP contribution is -2.26. The number of hydrogen-bond acceptors (Lipinski definition) is 3. The first-order valence-electron chi connectivity index (χ1n) is 11.3. The van der Waals surface area contributed by atoms with Crippen molar-refractivity contribution in [1.29, 1.82) is 0 Å². The summed E-state index contributed by atoms with van der Waals surface area (Å²) in [5.41, 5.74) is 3.90. The van der Waals surface area contributed by atoms with Crippen LogP contribution in [0, 0.1) is 0 Å². The van der Waals surface area contributed by atoms with E-state index in [1.807, 2.05) is 54.6 Å². The Hall–Kier alpha value is -4.71. The van der Waals surface area contributed by atoms with Gasteiger partial charge in [0.05, 0.1) is 11.4 Å². The zero-order valence-electron chi connectivity index (χ0n) is 19.0. The summed E-state index contributed by atoms with van der Waals surface area (Å²) < 4.78 is 0. The highest BCUT2D eigenvalue weighted by molar-refractivity contribution is 6.21. The molecule has 0 saturated carbocycles. The van der Waals surface area contributed by atoms with Crippen LogP contribution < -0.4 is 15.5 Å². The standard InChI is InChI=1S/C29H23N3O3/c1-2-7-19-8-4-6-11-24(19)29(35)30-21-13-15-22(16-14-21)32-25-17-12-20-9-3-5-10-23(20)28(25)31-26(33)18-27(32)34/h2-6,8-17H,1,7,18H2,(H,30,35)(H,31,33). The highest BCUT2D eigenvalue weighted by atomic mass is 16.2. The van der Waals surface area contributed by atoms with Gasteiger partial charge in [-0.05, 0) is 53.8 Å². The van der Waals surface area contributed by atoms with E-state index in [4.69, 9.17) is 0 Å². The van der Waals surface area contributed by atoms with Gasteiger partial charge in [0.25, 0.3) is 5.91 Å². The summed E-state index contributed by atoms with van der Waals surface area (Å²) in [6, 6.07) is 25.9. The third kappa shape index (κ3) is 4.29. The Morgan fingerprint density at radius 2 is 1.69 bits per heavy atom. The van der Waals surface area contributed by atoms with Crippen molar-refractivity contribution in [2.75, 3.05) is 15.5 Å². The molecule has 6 heteroatoms. The number of anilines is 4. The second-order valence-electron chi connectivity index (χ2n) is 8.29. The molecule has 0 aliphatic carbocycles. The van der Waals surface area contributed by atoms with Gasteiger partial charge in [-0.1, -0.05) is 54.6 Å². The molecule has 0 fully saturated rings. The Morgan fingerprint density at radius 1 is 0.943 bits per heavy atom. The first-order chi connectivity index (χ1) is 17.0. The molecule has 0 spiro atoms. The number of fused-ring (bicyclic) bond motifs is 3. The zero-order chi connectivity index (χ0) is 24.4. The molecule has 2 N–H and O–H groups in total. The van der Waals surface area contributed by atoms with Crippen LogP contribution in [-0.4, -0.2) is 17.7 Å². The predicted octanol–water partition coefficient (Wildman–Crippen LogP) is 5.83. The molecule has 3 amide bonds. The molecule has 0 saturated heterocycles. The molecular weight excluding hydrogens is 438 g/mol. The first-order valence-corrected chi connectivity index (χ1v) is 11.3. The minimum Gasteiger partial charge on any atom is -0.323 e. The summed E-state index contributed by atoms with van der Waals surface area (Å²) in [6.07, 6.45) is 2.10. The van der Waals surface area contributed by atoms with Gasteiger partial charge in [0, 0.05) is 22.3 Å². The van der Waals surface area contributed by atoms with Crippen molar-refractivity contribution >= 4 is 51.2 Å². The second kappa shape index (κ2) is 9.27. The number of hydrogen-bond donors (Lipinski definition) is 2. The summed E-state index contributed by atoms with van der Waals surface area (Å²) in [5.74, 6) is -0.892. The van der Waals surface area contributed by atoms with Crippen LogP contribution in [0.2, 0.25) is 0 Å². The number of rotatable bonds is 5. The van der Waals surface area contributed by atoms with E-state index in [0.717, 1.165) is 16.3 Å². The van der Waals surface area contributed by atoms with Gasteiger partial charge in [0.2, 0.25) is 11.8 Å². The van der Waals surface area contributed by atoms with E-state index in [9.17, 15) is 14.4 Å². The van der Waals surface area contributed by atoms with E-state index < -0.39 is 0 Å². The van der Waals surface area contributed by atoms with Gasteiger partial charge < -0.3 is 10.6 Å². The van der Waals surface area contributed by atoms with Crippen LogP contribution >= 0.6 is 0 Å². The Balaban J connectivity index is 1.47. The summed E-state index contributed by atoms with van der Waals surface area (Å²) in [6.45, 7) is 3.76. The van der Waals surface area contributed by atoms with Gasteiger partial charge in [-0.2, -0.15) is 0 Å². The number of nitrogens with one attached hydrogen (secondary N) is 2. The van der Waals surface area contributed by atoms with E-state index in [1.165, 1.54) is 0 Å². The molecule has 0 unspecified atom stereocenters. The molecule has 35 heavy (non-hydrogen) atoms. The number of benzene rings is 4. The molecule has 0 aromatic heterocycles. The monoisotopic (exact) mass is 461 g/mol. The predicted molar refractivity (Wildman–Crippen MR) is 139 cm³/mol. The molecular formula is C29H23N3O3. The van der Waals surface area contributed by atoms with E-state index in [1.54, 1.807) is 41.3 Å². The fourth-order valence-electron chi connectivity index (χ4n) is 4.36. The van der Waals surface area contributed by atoms with Gasteiger partial charge >= 0.3 is 0 Å². The van der Waals surface area contributed by atoms with E-state index in [-0.39, 0.29) is 24.1 Å². The van der Waals surface area contributed by atoms with Crippen molar-refractivity contribution in [3.8, 4) is 0 Å². The number of carbonyl (C=O) groups excluding carboxylic acids is 3. The number of nitrogens with zero attached hydrogens (tertiary/aromatic N) is 1. The van der Waals surface area contributed by atoms with Gasteiger partial charge in [-0.15, -0.1) is 6.58 Å². The third-order valence-corrected chi connectivity index (χ3v) is 5.98. The van der Waals surface area contributed by atoms with Crippen molar-refractivity contribution in [2.24, 2.45) is 0 Å². The molecule has 172 valence electrons. The maximum Gasteiger partial charge on any atom is 0.255 e. The smallest absolute Gasteiger partial charge is 0.255 e. The van der Waals surface area contributed by atoms with Gasteiger partial charge in [-0.25, -0.2) is 0 Å². The molecule has 4 aromatic carbocycles. The van der Waals surface area contributed by atoms with Crippen LogP contribution in [0.15, 0.2) is 97.6 Å². The second-order valence-corrected chi connectivity index (χ2v) is 8.29. The molecule has 4 aromatic rings. The average Bonchev–Trinajstić information content (AvgIpc) is 2.99. The van der Waals surface area contributed by atoms with Crippen molar-refractivity contribution in [3.05, 3.63) is 109 Å². The van der Waals surface area contributed by atoms with Crippen LogP contribution in [0.1, 0.15) is 22.3 Å². The number of amides is 3. The van der Waals surface area contributed by atoms with Crippen LogP contribution in [0.4, 0.5) is 22.7 Å². The Bertz CT molecular complexity index is 1470. The minimum atomic E-state index is -0.350. The number of allylic oxidation sites excluding steroid dienone is 1. The van der Waals surface area contributed by atoms with Crippen molar-refractivity contribution in [3.63, 3.8) is 0 Å². The molecule has 0 radical (unpaired) electrons. The molecule has 1 aliphatic heterocycles. The Kier molecular flexibility index (Phi) is 5.85. The quantitative estimate of drug-likeness (QED) is 0.290. The largest absolute Gasteiger partial charge is 0.323 e. The fraction of sp³-hybridized carbons (Fsp3) is 0.0690. The normalized spacial score (nSPS) is 13.1. The van der Waals surface area contributed by atoms with Gasteiger partial charge in [0.15, 0.2) is 0 Å². The lowest BCUT2D eigenvalue weighted by molar-refractivity contribution is -0.124. The van der Waals surface area contributed by atoms with E-state index in [2.05, 4.69) is 17.2 Å². The molecule has 1 aliphatic rings. The topological polar surface area (TPSA) is 78.5 Å². The van der Waals surface area contributed by atoms with Crippen LogP contribution in [-0.2, 0) is 16.0 Å². The van der Waals surface area contributed by atoms with E-state index in [0.29, 0.717) is 34.7 Å². The SMILES string of the molecule is C=CCc1ccccc1C(=O)Nc1ccc(N2C(=O)CC(=O)Nc3c2ccc2ccccc32)cc1. The highest BCUT2D eigenvalue weighted by Crippen LogP contribution is 2.40. The molecule has 5 rings (SSSR count). The molecule has 6 nitrogen and oxygen atoms in total. The van der Waals surface area contributed by atoms with Crippen LogP contribution in [0.25, 0.3) is 10.8 Å². The summed E-state index contributed by atoms with van der Waals surface area (Å²) >= 11 is 0. The Labute approximate surface area is 202 Å². The molecule has 1 heterocycles. The van der Waals surface area contributed by atoms with Gasteiger partial charge in [0.1, 0.15) is 6.42 Å². The molecule has 0 atom stereocenters. The van der Waals surface area contributed by atoms with Crippen molar-refractivity contribution in [2.45, 2.75) is 12.8 Å². The van der Waals surface area contributed by atoms with Crippen LogP contribution in [0.5, 0.6) is 0 Å². The average molecular weight is 462 g/mol. The Morgan fingerprint density at radius 3 is 2.49 bits per heavy atom. The van der Waals surface area contributed by atoms with Crippen molar-refractivity contribution in [1.82, 2.24) is 0 Å². The summed E-state index contributed by atoms with van der Waals surface area (Å²) in [5, 5.41) is 7.65.